The van der Waals surface area contributed by atoms with Crippen molar-refractivity contribution in [1.82, 2.24) is 4.90 Å². The van der Waals surface area contributed by atoms with Gasteiger partial charge in [-0.25, -0.2) is 0 Å². The smallest absolute Gasteiger partial charge is 0.208 e. The summed E-state index contributed by atoms with van der Waals surface area (Å²) in [6.45, 7) is 5.84. The highest BCUT2D eigenvalue weighted by Crippen LogP contribution is 2.45. The van der Waals surface area contributed by atoms with Crippen molar-refractivity contribution >= 4 is 22.7 Å². The second-order valence-electron chi connectivity index (χ2n) is 6.44. The SMILES string of the molecule is CC(=O)c1ccc2c(c1)C(N1CCS/C1=N\C#N)C(O)C(C)(C)O2. The number of hydrogen-bond donors (Lipinski definition) is 1. The molecule has 0 aliphatic carbocycles. The van der Waals surface area contributed by atoms with Crippen LogP contribution in [0.2, 0.25) is 0 Å². The van der Waals surface area contributed by atoms with E-state index < -0.39 is 17.7 Å². The van der Waals surface area contributed by atoms with Gasteiger partial charge in [0.15, 0.2) is 11.0 Å². The van der Waals surface area contributed by atoms with E-state index in [1.165, 1.54) is 18.7 Å². The Balaban J connectivity index is 2.13. The third kappa shape index (κ3) is 2.76. The first kappa shape index (κ1) is 16.8. The van der Waals surface area contributed by atoms with Gasteiger partial charge in [0.05, 0.1) is 6.04 Å². The van der Waals surface area contributed by atoms with Gasteiger partial charge >= 0.3 is 0 Å². The summed E-state index contributed by atoms with van der Waals surface area (Å²) in [4.78, 5) is 17.6. The lowest BCUT2D eigenvalue weighted by Gasteiger charge is -2.45. The van der Waals surface area contributed by atoms with Crippen LogP contribution >= 0.6 is 11.8 Å². The van der Waals surface area contributed by atoms with Gasteiger partial charge in [-0.05, 0) is 39.0 Å². The van der Waals surface area contributed by atoms with Crippen molar-refractivity contribution < 1.29 is 14.6 Å². The lowest BCUT2D eigenvalue weighted by Crippen LogP contribution is -2.53. The molecule has 0 aromatic heterocycles. The van der Waals surface area contributed by atoms with Crippen LogP contribution in [0.15, 0.2) is 23.2 Å². The number of thioether (sulfide) groups is 1. The van der Waals surface area contributed by atoms with Crippen molar-refractivity contribution in [3.8, 4) is 11.9 Å². The van der Waals surface area contributed by atoms with Crippen LogP contribution in [0.5, 0.6) is 5.75 Å². The number of hydrogen-bond acceptors (Lipinski definition) is 6. The molecule has 2 atom stereocenters. The van der Waals surface area contributed by atoms with Crippen LogP contribution in [0, 0.1) is 11.5 Å². The van der Waals surface area contributed by atoms with Crippen LogP contribution in [0.3, 0.4) is 0 Å². The number of benzene rings is 1. The first-order valence-corrected chi connectivity index (χ1v) is 8.72. The van der Waals surface area contributed by atoms with Gasteiger partial charge in [-0.1, -0.05) is 11.8 Å². The summed E-state index contributed by atoms with van der Waals surface area (Å²) in [6, 6.07) is 4.87. The number of aliphatic hydroxyl groups is 1. The van der Waals surface area contributed by atoms with E-state index in [1.807, 2.05) is 24.9 Å². The van der Waals surface area contributed by atoms with Crippen LogP contribution in [-0.4, -0.2) is 45.0 Å². The number of aliphatic hydroxyl groups excluding tert-OH is 1. The quantitative estimate of drug-likeness (QED) is 0.654. The number of nitrogens with zero attached hydrogens (tertiary/aromatic N) is 3. The van der Waals surface area contributed by atoms with Gasteiger partial charge in [-0.3, -0.25) is 4.79 Å². The Hall–Kier alpha value is -2.04. The van der Waals surface area contributed by atoms with Gasteiger partial charge in [0.1, 0.15) is 17.5 Å². The number of ether oxygens (including phenoxy) is 1. The first-order valence-electron chi connectivity index (χ1n) is 7.73. The fourth-order valence-corrected chi connectivity index (χ4v) is 4.08. The van der Waals surface area contributed by atoms with Crippen molar-refractivity contribution in [2.24, 2.45) is 4.99 Å². The van der Waals surface area contributed by atoms with E-state index in [2.05, 4.69) is 4.99 Å². The third-order valence-electron chi connectivity index (χ3n) is 4.41. The largest absolute Gasteiger partial charge is 0.485 e. The molecule has 126 valence electrons. The molecular formula is C17H19N3O3S. The maximum atomic E-state index is 11.7. The van der Waals surface area contributed by atoms with Gasteiger partial charge in [0.25, 0.3) is 0 Å². The molecule has 0 spiro atoms. The highest BCUT2D eigenvalue weighted by molar-refractivity contribution is 8.14. The zero-order chi connectivity index (χ0) is 17.5. The summed E-state index contributed by atoms with van der Waals surface area (Å²) in [5.74, 6) is 1.40. The topological polar surface area (TPSA) is 85.9 Å². The minimum Gasteiger partial charge on any atom is -0.485 e. The molecule has 0 saturated carbocycles. The van der Waals surface area contributed by atoms with Crippen molar-refractivity contribution in [2.45, 2.75) is 38.5 Å². The predicted octanol–water partition coefficient (Wildman–Crippen LogP) is 2.35. The summed E-state index contributed by atoms with van der Waals surface area (Å²) < 4.78 is 5.95. The Morgan fingerprint density at radius 1 is 1.54 bits per heavy atom. The van der Waals surface area contributed by atoms with Crippen molar-refractivity contribution in [3.05, 3.63) is 29.3 Å². The number of aliphatic imine (C=N–C) groups is 1. The summed E-state index contributed by atoms with van der Waals surface area (Å²) in [5, 5.41) is 20.4. The zero-order valence-electron chi connectivity index (χ0n) is 13.8. The molecule has 1 fully saturated rings. The monoisotopic (exact) mass is 345 g/mol. The molecule has 0 radical (unpaired) electrons. The summed E-state index contributed by atoms with van der Waals surface area (Å²) in [5.41, 5.74) is 0.531. The third-order valence-corrected chi connectivity index (χ3v) is 5.38. The lowest BCUT2D eigenvalue weighted by molar-refractivity contribution is -0.0800. The van der Waals surface area contributed by atoms with E-state index in [0.717, 1.165) is 11.3 Å². The number of Topliss-reactive ketones (excluding diaryl/α,β-unsaturated/α-hetero) is 1. The molecule has 1 aromatic rings. The molecule has 2 heterocycles. The molecular weight excluding hydrogens is 326 g/mol. The fourth-order valence-electron chi connectivity index (χ4n) is 3.14. The van der Waals surface area contributed by atoms with E-state index >= 15 is 0 Å². The highest BCUT2D eigenvalue weighted by Gasteiger charge is 2.47. The molecule has 0 amide bonds. The predicted molar refractivity (Wildman–Crippen MR) is 92.1 cm³/mol. The minimum absolute atomic E-state index is 0.0439. The Kier molecular flexibility index (Phi) is 4.28. The van der Waals surface area contributed by atoms with Crippen molar-refractivity contribution in [1.29, 1.82) is 5.26 Å². The van der Waals surface area contributed by atoms with Gasteiger partial charge in [-0.2, -0.15) is 5.26 Å². The van der Waals surface area contributed by atoms with Gasteiger partial charge in [0.2, 0.25) is 6.19 Å². The van der Waals surface area contributed by atoms with E-state index in [9.17, 15) is 9.90 Å². The number of nitriles is 1. The minimum atomic E-state index is -0.824. The molecule has 1 N–H and O–H groups in total. The van der Waals surface area contributed by atoms with Crippen molar-refractivity contribution in [3.63, 3.8) is 0 Å². The first-order chi connectivity index (χ1) is 11.3. The number of carbonyl (C=O) groups is 1. The maximum Gasteiger partial charge on any atom is 0.208 e. The molecule has 2 unspecified atom stereocenters. The zero-order valence-corrected chi connectivity index (χ0v) is 14.6. The molecule has 2 aliphatic rings. The highest BCUT2D eigenvalue weighted by atomic mass is 32.2. The van der Waals surface area contributed by atoms with E-state index in [0.29, 0.717) is 23.0 Å². The Labute approximate surface area is 145 Å². The number of rotatable bonds is 2. The molecule has 7 heteroatoms. The average molecular weight is 345 g/mol. The second kappa shape index (κ2) is 6.11. The van der Waals surface area contributed by atoms with E-state index in [-0.39, 0.29) is 5.78 Å². The summed E-state index contributed by atoms with van der Waals surface area (Å²) >= 11 is 1.49. The van der Waals surface area contributed by atoms with Gasteiger partial charge in [0, 0.05) is 23.4 Å². The molecule has 0 bridgehead atoms. The van der Waals surface area contributed by atoms with Crippen LogP contribution in [0.1, 0.15) is 42.7 Å². The summed E-state index contributed by atoms with van der Waals surface area (Å²) in [6.07, 6.45) is 1.00. The number of amidine groups is 1. The van der Waals surface area contributed by atoms with E-state index in [1.54, 1.807) is 18.2 Å². The molecule has 6 nitrogen and oxygen atoms in total. The molecule has 1 saturated heterocycles. The number of carbonyl (C=O) groups excluding carboxylic acids is 1. The molecule has 24 heavy (non-hydrogen) atoms. The van der Waals surface area contributed by atoms with Crippen LogP contribution < -0.4 is 4.74 Å². The molecule has 1 aromatic carbocycles. The van der Waals surface area contributed by atoms with Crippen molar-refractivity contribution in [2.75, 3.05) is 12.3 Å². The molecule has 3 rings (SSSR count). The molecule has 2 aliphatic heterocycles. The maximum absolute atomic E-state index is 11.7. The number of fused-ring (bicyclic) bond motifs is 1. The number of ketones is 1. The summed E-state index contributed by atoms with van der Waals surface area (Å²) in [7, 11) is 0. The van der Waals surface area contributed by atoms with Crippen LogP contribution in [0.25, 0.3) is 0 Å². The Bertz CT molecular complexity index is 754. The van der Waals surface area contributed by atoms with E-state index in [4.69, 9.17) is 10.00 Å². The van der Waals surface area contributed by atoms with Gasteiger partial charge in [-0.15, -0.1) is 4.99 Å². The Morgan fingerprint density at radius 3 is 2.96 bits per heavy atom. The average Bonchev–Trinajstić information content (AvgIpc) is 2.96. The van der Waals surface area contributed by atoms with Gasteiger partial charge < -0.3 is 14.7 Å². The standard InChI is InChI=1S/C17H19N3O3S/c1-10(21)11-4-5-13-12(8-11)14(15(22)17(2,3)23-13)20-6-7-24-16(20)19-9-18/h4-5,8,14-15,22H,6-7H2,1-3H3/b19-16-. The lowest BCUT2D eigenvalue weighted by atomic mass is 9.85. The second-order valence-corrected chi connectivity index (χ2v) is 7.50. The van der Waals surface area contributed by atoms with Crippen LogP contribution in [0.4, 0.5) is 0 Å². The normalized spacial score (nSPS) is 26.6. The van der Waals surface area contributed by atoms with Crippen LogP contribution in [-0.2, 0) is 0 Å². The fraction of sp³-hybridized carbons (Fsp3) is 0.471. The Morgan fingerprint density at radius 2 is 2.29 bits per heavy atom.